The Morgan fingerprint density at radius 1 is 1.29 bits per heavy atom. The third-order valence-electron chi connectivity index (χ3n) is 5.18. The molecule has 1 aromatic rings. The van der Waals surface area contributed by atoms with E-state index in [0.29, 0.717) is 18.9 Å². The molecule has 130 valence electrons. The van der Waals surface area contributed by atoms with Gasteiger partial charge in [0.05, 0.1) is 6.04 Å². The fourth-order valence-corrected chi connectivity index (χ4v) is 3.44. The number of amides is 3. The lowest BCUT2D eigenvalue weighted by molar-refractivity contribution is -0.128. The van der Waals surface area contributed by atoms with E-state index in [9.17, 15) is 9.59 Å². The fraction of sp³-hybridized carbons (Fsp3) is 0.579. The Morgan fingerprint density at radius 3 is 2.62 bits per heavy atom. The molecule has 1 saturated carbocycles. The minimum atomic E-state index is -0.162. The zero-order chi connectivity index (χ0) is 16.9. The highest BCUT2D eigenvalue weighted by Gasteiger charge is 2.27. The summed E-state index contributed by atoms with van der Waals surface area (Å²) in [5.74, 6) is 0.837. The van der Waals surface area contributed by atoms with Crippen molar-refractivity contribution in [1.82, 2.24) is 15.1 Å². The number of nitrogens with zero attached hydrogens (tertiary/aromatic N) is 2. The third-order valence-corrected chi connectivity index (χ3v) is 5.18. The second kappa shape index (κ2) is 7.69. The van der Waals surface area contributed by atoms with Crippen molar-refractivity contribution in [2.24, 2.45) is 5.92 Å². The van der Waals surface area contributed by atoms with E-state index in [0.717, 1.165) is 25.1 Å². The standard InChI is InChI=1S/C19H27N3O2/c1-21(13-15-7-5-8-15)19(24)20-17(16-9-3-2-4-10-16)14-22-12-6-11-18(22)23/h2-4,9-10,15,17H,5-8,11-14H2,1H3,(H,20,24)/t17-/m0/s1. The Labute approximate surface area is 144 Å². The second-order valence-electron chi connectivity index (χ2n) is 7.03. The molecule has 5 nitrogen and oxygen atoms in total. The highest BCUT2D eigenvalue weighted by Crippen LogP contribution is 2.27. The van der Waals surface area contributed by atoms with E-state index in [1.54, 1.807) is 4.90 Å². The molecule has 1 heterocycles. The van der Waals surface area contributed by atoms with Gasteiger partial charge < -0.3 is 15.1 Å². The van der Waals surface area contributed by atoms with E-state index < -0.39 is 0 Å². The molecule has 0 spiro atoms. The first-order valence-corrected chi connectivity index (χ1v) is 8.98. The largest absolute Gasteiger partial charge is 0.340 e. The van der Waals surface area contributed by atoms with Crippen LogP contribution in [0.5, 0.6) is 0 Å². The summed E-state index contributed by atoms with van der Waals surface area (Å²) in [6, 6.07) is 9.71. The molecule has 0 aromatic heterocycles. The molecule has 0 unspecified atom stereocenters. The molecule has 2 fully saturated rings. The van der Waals surface area contributed by atoms with Gasteiger partial charge in [0, 0.05) is 33.1 Å². The van der Waals surface area contributed by atoms with Crippen LogP contribution in [0.1, 0.15) is 43.7 Å². The van der Waals surface area contributed by atoms with E-state index in [1.807, 2.05) is 42.3 Å². The molecule has 0 radical (unpaired) electrons. The van der Waals surface area contributed by atoms with Gasteiger partial charge in [-0.15, -0.1) is 0 Å². The van der Waals surface area contributed by atoms with Gasteiger partial charge in [-0.2, -0.15) is 0 Å². The number of hydrogen-bond donors (Lipinski definition) is 1. The maximum absolute atomic E-state index is 12.6. The van der Waals surface area contributed by atoms with Crippen molar-refractivity contribution in [3.8, 4) is 0 Å². The molecule has 1 atom stereocenters. The van der Waals surface area contributed by atoms with E-state index in [2.05, 4.69) is 5.32 Å². The van der Waals surface area contributed by atoms with Gasteiger partial charge in [-0.25, -0.2) is 4.79 Å². The summed E-state index contributed by atoms with van der Waals surface area (Å²) in [6.45, 7) is 2.15. The summed E-state index contributed by atoms with van der Waals surface area (Å²) in [5, 5.41) is 3.13. The van der Waals surface area contributed by atoms with Gasteiger partial charge >= 0.3 is 6.03 Å². The molecule has 1 N–H and O–H groups in total. The summed E-state index contributed by atoms with van der Waals surface area (Å²) in [4.78, 5) is 28.2. The zero-order valence-electron chi connectivity index (χ0n) is 14.4. The van der Waals surface area contributed by atoms with E-state index in [-0.39, 0.29) is 18.0 Å². The minimum absolute atomic E-state index is 0.0533. The Kier molecular flexibility index (Phi) is 5.38. The molecular weight excluding hydrogens is 302 g/mol. The molecule has 1 aromatic carbocycles. The number of hydrogen-bond acceptors (Lipinski definition) is 2. The van der Waals surface area contributed by atoms with Crippen molar-refractivity contribution in [2.45, 2.75) is 38.1 Å². The van der Waals surface area contributed by atoms with Gasteiger partial charge in [-0.05, 0) is 30.7 Å². The Hall–Kier alpha value is -2.04. The Morgan fingerprint density at radius 2 is 2.04 bits per heavy atom. The number of likely N-dealkylation sites (tertiary alicyclic amines) is 1. The molecule has 1 aliphatic heterocycles. The van der Waals surface area contributed by atoms with Gasteiger partial charge in [0.2, 0.25) is 5.91 Å². The van der Waals surface area contributed by atoms with Gasteiger partial charge in [-0.3, -0.25) is 4.79 Å². The smallest absolute Gasteiger partial charge is 0.317 e. The van der Waals surface area contributed by atoms with Gasteiger partial charge in [-0.1, -0.05) is 36.8 Å². The van der Waals surface area contributed by atoms with E-state index in [1.165, 1.54) is 19.3 Å². The van der Waals surface area contributed by atoms with Crippen molar-refractivity contribution in [1.29, 1.82) is 0 Å². The van der Waals surface area contributed by atoms with Gasteiger partial charge in [0.15, 0.2) is 0 Å². The molecule has 24 heavy (non-hydrogen) atoms. The Bertz CT molecular complexity index is 571. The number of carbonyl (C=O) groups excluding carboxylic acids is 2. The van der Waals surface area contributed by atoms with Crippen LogP contribution in [0.15, 0.2) is 30.3 Å². The molecule has 3 rings (SSSR count). The van der Waals surface area contributed by atoms with Crippen LogP contribution in [0.2, 0.25) is 0 Å². The monoisotopic (exact) mass is 329 g/mol. The first-order valence-electron chi connectivity index (χ1n) is 8.98. The summed E-state index contributed by atoms with van der Waals surface area (Å²) >= 11 is 0. The van der Waals surface area contributed by atoms with Crippen molar-refractivity contribution >= 4 is 11.9 Å². The van der Waals surface area contributed by atoms with Gasteiger partial charge in [0.25, 0.3) is 0 Å². The number of urea groups is 1. The average Bonchev–Trinajstić information content (AvgIpc) is 2.96. The fourth-order valence-electron chi connectivity index (χ4n) is 3.44. The van der Waals surface area contributed by atoms with Crippen molar-refractivity contribution in [3.05, 3.63) is 35.9 Å². The van der Waals surface area contributed by atoms with E-state index in [4.69, 9.17) is 0 Å². The maximum atomic E-state index is 12.6. The van der Waals surface area contributed by atoms with Crippen LogP contribution in [0.25, 0.3) is 0 Å². The molecule has 3 amide bonds. The number of benzene rings is 1. The van der Waals surface area contributed by atoms with Crippen molar-refractivity contribution in [2.75, 3.05) is 26.7 Å². The molecular formula is C19H27N3O2. The molecule has 0 bridgehead atoms. The lowest BCUT2D eigenvalue weighted by atomic mass is 9.85. The number of carbonyl (C=O) groups is 2. The Balaban J connectivity index is 1.64. The van der Waals surface area contributed by atoms with Crippen molar-refractivity contribution < 1.29 is 9.59 Å². The summed E-state index contributed by atoms with van der Waals surface area (Å²) in [6.07, 6.45) is 5.26. The number of rotatable bonds is 6. The first kappa shape index (κ1) is 16.8. The second-order valence-corrected chi connectivity index (χ2v) is 7.03. The maximum Gasteiger partial charge on any atom is 0.317 e. The number of nitrogens with one attached hydrogen (secondary N) is 1. The lowest BCUT2D eigenvalue weighted by Crippen LogP contribution is -2.45. The lowest BCUT2D eigenvalue weighted by Gasteiger charge is -2.32. The van der Waals surface area contributed by atoms with Crippen LogP contribution in [0.3, 0.4) is 0 Å². The third kappa shape index (κ3) is 4.08. The summed E-state index contributed by atoms with van der Waals surface area (Å²) in [7, 11) is 1.86. The minimum Gasteiger partial charge on any atom is -0.340 e. The van der Waals surface area contributed by atoms with Crippen LogP contribution in [0.4, 0.5) is 4.79 Å². The topological polar surface area (TPSA) is 52.7 Å². The van der Waals surface area contributed by atoms with Crippen molar-refractivity contribution in [3.63, 3.8) is 0 Å². The molecule has 2 aliphatic rings. The van der Waals surface area contributed by atoms with E-state index >= 15 is 0 Å². The predicted octanol–water partition coefficient (Wildman–Crippen LogP) is 2.79. The highest BCUT2D eigenvalue weighted by molar-refractivity contribution is 5.78. The van der Waals surface area contributed by atoms with Crippen LogP contribution >= 0.6 is 0 Å². The predicted molar refractivity (Wildman–Crippen MR) is 93.5 cm³/mol. The normalized spacial score (nSPS) is 19.0. The summed E-state index contributed by atoms with van der Waals surface area (Å²) < 4.78 is 0. The zero-order valence-corrected chi connectivity index (χ0v) is 14.4. The van der Waals surface area contributed by atoms with Crippen LogP contribution in [0, 0.1) is 5.92 Å². The summed E-state index contributed by atoms with van der Waals surface area (Å²) in [5.41, 5.74) is 1.04. The van der Waals surface area contributed by atoms with Crippen LogP contribution in [-0.4, -0.2) is 48.4 Å². The van der Waals surface area contributed by atoms with Gasteiger partial charge in [0.1, 0.15) is 0 Å². The van der Waals surface area contributed by atoms with Crippen LogP contribution in [-0.2, 0) is 4.79 Å². The first-order chi connectivity index (χ1) is 11.6. The average molecular weight is 329 g/mol. The highest BCUT2D eigenvalue weighted by atomic mass is 16.2. The molecule has 1 saturated heterocycles. The van der Waals surface area contributed by atoms with Crippen LogP contribution < -0.4 is 5.32 Å². The molecule has 5 heteroatoms. The molecule has 1 aliphatic carbocycles. The quantitative estimate of drug-likeness (QED) is 0.872. The SMILES string of the molecule is CN(CC1CCC1)C(=O)N[C@@H](CN1CCCC1=O)c1ccccc1.